The molecule has 28 heavy (non-hydrogen) atoms. The molecule has 1 atom stereocenters. The van der Waals surface area contributed by atoms with Crippen LogP contribution in [0.25, 0.3) is 0 Å². The molecule has 0 unspecified atom stereocenters. The van der Waals surface area contributed by atoms with Crippen LogP contribution in [0.3, 0.4) is 0 Å². The Kier molecular flexibility index (Phi) is 8.58. The maximum absolute atomic E-state index is 10.2. The smallest absolute Gasteiger partial charge is 0.119 e. The molecule has 2 aromatic carbocycles. The first-order valence-electron chi connectivity index (χ1n) is 9.82. The van der Waals surface area contributed by atoms with Gasteiger partial charge in [-0.15, -0.1) is 0 Å². The summed E-state index contributed by atoms with van der Waals surface area (Å²) in [6.07, 6.45) is -0.476. The van der Waals surface area contributed by atoms with Crippen molar-refractivity contribution in [2.45, 2.75) is 12.6 Å². The second-order valence-electron chi connectivity index (χ2n) is 7.09. The number of benzene rings is 2. The van der Waals surface area contributed by atoms with Gasteiger partial charge in [0.05, 0.1) is 19.3 Å². The monoisotopic (exact) mass is 404 g/mol. The highest BCUT2D eigenvalue weighted by Crippen LogP contribution is 2.15. The molecule has 0 spiro atoms. The number of ether oxygens (including phenoxy) is 2. The summed E-state index contributed by atoms with van der Waals surface area (Å²) in [5, 5.41) is 10.9. The Bertz CT molecular complexity index is 676. The van der Waals surface area contributed by atoms with Gasteiger partial charge in [0.1, 0.15) is 12.4 Å². The van der Waals surface area contributed by atoms with Crippen LogP contribution in [0.2, 0.25) is 5.02 Å². The molecule has 1 aliphatic heterocycles. The summed E-state index contributed by atoms with van der Waals surface area (Å²) in [6.45, 7) is 6.87. The molecule has 0 saturated carbocycles. The number of rotatable bonds is 10. The van der Waals surface area contributed by atoms with Crippen molar-refractivity contribution in [3.05, 3.63) is 65.2 Å². The van der Waals surface area contributed by atoms with E-state index in [0.717, 1.165) is 38.5 Å². The molecule has 2 aromatic rings. The molecular weight excluding hydrogens is 376 g/mol. The van der Waals surface area contributed by atoms with Crippen molar-refractivity contribution < 1.29 is 14.6 Å². The number of piperazine rings is 1. The minimum Gasteiger partial charge on any atom is -0.491 e. The Morgan fingerprint density at radius 2 is 1.57 bits per heavy atom. The van der Waals surface area contributed by atoms with Gasteiger partial charge in [-0.25, -0.2) is 0 Å². The van der Waals surface area contributed by atoms with Gasteiger partial charge in [0.2, 0.25) is 0 Å². The lowest BCUT2D eigenvalue weighted by molar-refractivity contribution is -0.000435. The molecule has 0 aliphatic carbocycles. The van der Waals surface area contributed by atoms with E-state index in [-0.39, 0.29) is 0 Å². The molecule has 1 heterocycles. The van der Waals surface area contributed by atoms with E-state index in [0.29, 0.717) is 31.4 Å². The van der Waals surface area contributed by atoms with Crippen molar-refractivity contribution in [1.82, 2.24) is 9.80 Å². The summed E-state index contributed by atoms with van der Waals surface area (Å²) in [6, 6.07) is 17.8. The first-order chi connectivity index (χ1) is 13.7. The van der Waals surface area contributed by atoms with Crippen LogP contribution in [0.4, 0.5) is 0 Å². The summed E-state index contributed by atoms with van der Waals surface area (Å²) >= 11 is 5.84. The van der Waals surface area contributed by atoms with Gasteiger partial charge in [0, 0.05) is 44.3 Å². The van der Waals surface area contributed by atoms with Crippen LogP contribution >= 0.6 is 11.6 Å². The summed E-state index contributed by atoms with van der Waals surface area (Å²) in [5.41, 5.74) is 1.35. The Morgan fingerprint density at radius 3 is 2.29 bits per heavy atom. The minimum absolute atomic E-state index is 0.328. The van der Waals surface area contributed by atoms with Gasteiger partial charge in [-0.1, -0.05) is 41.9 Å². The SMILES string of the molecule is O[C@H](COCCOc1ccc(Cl)cc1)CN1CCN(Cc2ccccc2)CC1. The van der Waals surface area contributed by atoms with E-state index < -0.39 is 6.10 Å². The van der Waals surface area contributed by atoms with Crippen molar-refractivity contribution in [2.75, 3.05) is 52.5 Å². The highest BCUT2D eigenvalue weighted by atomic mass is 35.5. The molecule has 6 heteroatoms. The van der Waals surface area contributed by atoms with E-state index in [2.05, 4.69) is 40.1 Å². The Morgan fingerprint density at radius 1 is 0.893 bits per heavy atom. The molecule has 0 amide bonds. The molecule has 1 saturated heterocycles. The predicted molar refractivity (Wildman–Crippen MR) is 112 cm³/mol. The number of nitrogens with zero attached hydrogens (tertiary/aromatic N) is 2. The van der Waals surface area contributed by atoms with Gasteiger partial charge in [0.15, 0.2) is 0 Å². The molecule has 0 radical (unpaired) electrons. The largest absolute Gasteiger partial charge is 0.491 e. The molecule has 0 bridgehead atoms. The fourth-order valence-electron chi connectivity index (χ4n) is 3.29. The summed E-state index contributed by atoms with van der Waals surface area (Å²) < 4.78 is 11.1. The van der Waals surface area contributed by atoms with Crippen LogP contribution in [-0.4, -0.2) is 73.6 Å². The lowest BCUT2D eigenvalue weighted by Gasteiger charge is -2.35. The second kappa shape index (κ2) is 11.4. The minimum atomic E-state index is -0.476. The number of halogens is 1. The Hall–Kier alpha value is -1.63. The van der Waals surface area contributed by atoms with Gasteiger partial charge < -0.3 is 14.6 Å². The van der Waals surface area contributed by atoms with Crippen molar-refractivity contribution >= 4 is 11.6 Å². The quantitative estimate of drug-likeness (QED) is 0.617. The Balaban J connectivity index is 1.24. The molecule has 0 aromatic heterocycles. The van der Waals surface area contributed by atoms with Crippen LogP contribution in [0.5, 0.6) is 5.75 Å². The molecule has 152 valence electrons. The lowest BCUT2D eigenvalue weighted by Crippen LogP contribution is -2.48. The van der Waals surface area contributed by atoms with Crippen molar-refractivity contribution in [1.29, 1.82) is 0 Å². The fraction of sp³-hybridized carbons (Fsp3) is 0.455. The standard InChI is InChI=1S/C22H29ClN2O3/c23-20-6-8-22(9-7-20)28-15-14-27-18-21(26)17-25-12-10-24(11-13-25)16-19-4-2-1-3-5-19/h1-9,21,26H,10-18H2/t21-/m0/s1. The highest BCUT2D eigenvalue weighted by Gasteiger charge is 2.19. The first-order valence-corrected chi connectivity index (χ1v) is 10.2. The van der Waals surface area contributed by atoms with E-state index in [1.54, 1.807) is 12.1 Å². The van der Waals surface area contributed by atoms with E-state index in [4.69, 9.17) is 21.1 Å². The fourth-order valence-corrected chi connectivity index (χ4v) is 3.42. The molecule has 3 rings (SSSR count). The average Bonchev–Trinajstić information content (AvgIpc) is 2.71. The van der Waals surface area contributed by atoms with Crippen LogP contribution in [0.15, 0.2) is 54.6 Å². The van der Waals surface area contributed by atoms with E-state index in [1.165, 1.54) is 5.56 Å². The Labute approximate surface area is 172 Å². The number of aliphatic hydroxyl groups excluding tert-OH is 1. The topological polar surface area (TPSA) is 45.2 Å². The van der Waals surface area contributed by atoms with E-state index in [1.807, 2.05) is 12.1 Å². The lowest BCUT2D eigenvalue weighted by atomic mass is 10.2. The summed E-state index contributed by atoms with van der Waals surface area (Å²) in [4.78, 5) is 4.77. The van der Waals surface area contributed by atoms with Crippen LogP contribution in [-0.2, 0) is 11.3 Å². The van der Waals surface area contributed by atoms with Crippen molar-refractivity contribution in [2.24, 2.45) is 0 Å². The van der Waals surface area contributed by atoms with Gasteiger partial charge in [-0.2, -0.15) is 0 Å². The average molecular weight is 405 g/mol. The van der Waals surface area contributed by atoms with Crippen molar-refractivity contribution in [3.63, 3.8) is 0 Å². The third kappa shape index (κ3) is 7.41. The van der Waals surface area contributed by atoms with Crippen LogP contribution in [0.1, 0.15) is 5.56 Å². The molecule has 1 aliphatic rings. The molecule has 1 N–H and O–H groups in total. The highest BCUT2D eigenvalue weighted by molar-refractivity contribution is 6.30. The maximum Gasteiger partial charge on any atom is 0.119 e. The number of β-amino-alcohol motifs (C(OH)–C–C–N with tert-alkyl or cyclic N) is 1. The normalized spacial score (nSPS) is 16.8. The first kappa shape index (κ1) is 21.1. The molecular formula is C22H29ClN2O3. The number of hydrogen-bond donors (Lipinski definition) is 1. The number of hydrogen-bond acceptors (Lipinski definition) is 5. The van der Waals surface area contributed by atoms with Gasteiger partial charge in [-0.3, -0.25) is 9.80 Å². The zero-order chi connectivity index (χ0) is 19.6. The van der Waals surface area contributed by atoms with Crippen LogP contribution in [0, 0.1) is 0 Å². The number of aliphatic hydroxyl groups is 1. The van der Waals surface area contributed by atoms with Crippen LogP contribution < -0.4 is 4.74 Å². The maximum atomic E-state index is 10.2. The van der Waals surface area contributed by atoms with Gasteiger partial charge in [0.25, 0.3) is 0 Å². The second-order valence-corrected chi connectivity index (χ2v) is 7.53. The summed E-state index contributed by atoms with van der Waals surface area (Å²) in [5.74, 6) is 0.766. The third-order valence-corrected chi connectivity index (χ3v) is 5.06. The zero-order valence-corrected chi connectivity index (χ0v) is 16.9. The molecule has 1 fully saturated rings. The predicted octanol–water partition coefficient (Wildman–Crippen LogP) is 2.91. The van der Waals surface area contributed by atoms with E-state index >= 15 is 0 Å². The van der Waals surface area contributed by atoms with Gasteiger partial charge >= 0.3 is 0 Å². The van der Waals surface area contributed by atoms with Gasteiger partial charge in [-0.05, 0) is 29.8 Å². The third-order valence-electron chi connectivity index (χ3n) is 4.80. The van der Waals surface area contributed by atoms with Crippen molar-refractivity contribution in [3.8, 4) is 5.75 Å². The zero-order valence-electron chi connectivity index (χ0n) is 16.2. The molecule has 5 nitrogen and oxygen atoms in total. The van der Waals surface area contributed by atoms with E-state index in [9.17, 15) is 5.11 Å². The summed E-state index contributed by atoms with van der Waals surface area (Å²) in [7, 11) is 0.